The van der Waals surface area contributed by atoms with Gasteiger partial charge in [-0.25, -0.2) is 4.79 Å². The first-order chi connectivity index (χ1) is 10.5. The second-order valence-corrected chi connectivity index (χ2v) is 5.08. The van der Waals surface area contributed by atoms with E-state index in [2.05, 4.69) is 19.8 Å². The Kier molecular flexibility index (Phi) is 3.23. The van der Waals surface area contributed by atoms with Crippen LogP contribution in [0.4, 0.5) is 5.69 Å². The van der Waals surface area contributed by atoms with Crippen molar-refractivity contribution in [3.05, 3.63) is 38.4 Å². The van der Waals surface area contributed by atoms with Crippen molar-refractivity contribution < 1.29 is 14.2 Å². The summed E-state index contributed by atoms with van der Waals surface area (Å²) in [5, 5.41) is 18.2. The number of amides is 1. The van der Waals surface area contributed by atoms with Gasteiger partial charge in [0.1, 0.15) is 6.20 Å². The van der Waals surface area contributed by atoms with Crippen LogP contribution < -0.4 is 5.76 Å². The second-order valence-electron chi connectivity index (χ2n) is 5.08. The van der Waals surface area contributed by atoms with Gasteiger partial charge in [0.25, 0.3) is 5.91 Å². The number of nitrogens with zero attached hydrogens (tertiary/aromatic N) is 5. The molecule has 3 heterocycles. The van der Waals surface area contributed by atoms with E-state index in [1.165, 1.54) is 16.6 Å². The van der Waals surface area contributed by atoms with Crippen LogP contribution in [0.1, 0.15) is 16.3 Å². The van der Waals surface area contributed by atoms with E-state index in [0.717, 1.165) is 6.20 Å². The summed E-state index contributed by atoms with van der Waals surface area (Å²) in [5.74, 6) is -0.505. The average Bonchev–Trinajstić information content (AvgIpc) is 2.99. The Bertz CT molecular complexity index is 783. The predicted octanol–water partition coefficient (Wildman–Crippen LogP) is -0.681. The molecule has 1 N–H and O–H groups in total. The minimum Gasteiger partial charge on any atom is -0.336 e. The third-order valence-corrected chi connectivity index (χ3v) is 3.53. The largest absolute Gasteiger partial charge is 0.438 e. The molecule has 0 radical (unpaired) electrons. The van der Waals surface area contributed by atoms with E-state index < -0.39 is 16.6 Å². The van der Waals surface area contributed by atoms with Crippen molar-refractivity contribution >= 4 is 11.6 Å². The van der Waals surface area contributed by atoms with Crippen LogP contribution in [0.25, 0.3) is 0 Å². The fourth-order valence-corrected chi connectivity index (χ4v) is 2.44. The van der Waals surface area contributed by atoms with Gasteiger partial charge in [0.05, 0.1) is 4.92 Å². The maximum atomic E-state index is 12.3. The normalized spacial score (nSPS) is 14.9. The standard InChI is InChI=1S/C11H12N6O5/c1-15-9(7(3-12-15)17(20)21)10(18)16-4-6(5-16)2-8-13-11(19)22-14-8/h3,6H,2,4-5H2,1H3,(H,13,14,19). The molecule has 1 amide bonds. The molecular weight excluding hydrogens is 296 g/mol. The first kappa shape index (κ1) is 14.0. The van der Waals surface area contributed by atoms with Gasteiger partial charge in [-0.05, 0) is 0 Å². The number of nitro groups is 1. The van der Waals surface area contributed by atoms with Crippen LogP contribution in [0.3, 0.4) is 0 Å². The third-order valence-electron chi connectivity index (χ3n) is 3.53. The van der Waals surface area contributed by atoms with Crippen LogP contribution in [0.2, 0.25) is 0 Å². The average molecular weight is 308 g/mol. The fourth-order valence-electron chi connectivity index (χ4n) is 2.44. The van der Waals surface area contributed by atoms with Crippen LogP contribution in [-0.2, 0) is 13.5 Å². The number of H-pyrrole nitrogens is 1. The van der Waals surface area contributed by atoms with Gasteiger partial charge >= 0.3 is 11.4 Å². The Morgan fingerprint density at radius 2 is 2.32 bits per heavy atom. The highest BCUT2D eigenvalue weighted by molar-refractivity contribution is 5.96. The zero-order valence-corrected chi connectivity index (χ0v) is 11.6. The van der Waals surface area contributed by atoms with Crippen molar-refractivity contribution in [1.82, 2.24) is 24.8 Å². The van der Waals surface area contributed by atoms with Crippen molar-refractivity contribution in [2.24, 2.45) is 13.0 Å². The number of hydrogen-bond acceptors (Lipinski definition) is 7. The first-order valence-corrected chi connectivity index (χ1v) is 6.46. The number of aromatic amines is 1. The quantitative estimate of drug-likeness (QED) is 0.582. The van der Waals surface area contributed by atoms with E-state index in [1.807, 2.05) is 0 Å². The second kappa shape index (κ2) is 5.09. The van der Waals surface area contributed by atoms with Gasteiger partial charge in [0, 0.05) is 32.5 Å². The van der Waals surface area contributed by atoms with E-state index >= 15 is 0 Å². The molecule has 2 aromatic heterocycles. The number of aryl methyl sites for hydroxylation is 1. The summed E-state index contributed by atoms with van der Waals surface area (Å²) in [6, 6.07) is 0. The highest BCUT2D eigenvalue weighted by atomic mass is 16.6. The van der Waals surface area contributed by atoms with Gasteiger partial charge in [-0.15, -0.1) is 0 Å². The molecule has 2 aromatic rings. The zero-order chi connectivity index (χ0) is 15.9. The maximum Gasteiger partial charge on any atom is 0.438 e. The van der Waals surface area contributed by atoms with Crippen LogP contribution in [0.15, 0.2) is 15.5 Å². The summed E-state index contributed by atoms with van der Waals surface area (Å²) in [4.78, 5) is 37.3. The minimum atomic E-state index is -0.627. The molecular formula is C11H12N6O5. The van der Waals surface area contributed by atoms with Crippen molar-refractivity contribution in [2.45, 2.75) is 6.42 Å². The van der Waals surface area contributed by atoms with Crippen molar-refractivity contribution in [1.29, 1.82) is 0 Å². The molecule has 11 nitrogen and oxygen atoms in total. The summed E-state index contributed by atoms with van der Waals surface area (Å²) < 4.78 is 5.59. The third kappa shape index (κ3) is 2.36. The van der Waals surface area contributed by atoms with Crippen LogP contribution in [-0.4, -0.2) is 48.7 Å². The summed E-state index contributed by atoms with van der Waals surface area (Å²) in [7, 11) is 1.48. The number of carbonyl (C=O) groups is 1. The Morgan fingerprint density at radius 3 is 2.91 bits per heavy atom. The van der Waals surface area contributed by atoms with Gasteiger partial charge in [-0.2, -0.15) is 5.10 Å². The van der Waals surface area contributed by atoms with E-state index in [1.54, 1.807) is 0 Å². The molecule has 22 heavy (non-hydrogen) atoms. The zero-order valence-electron chi connectivity index (χ0n) is 11.6. The molecule has 1 aliphatic heterocycles. The van der Waals surface area contributed by atoms with Crippen LogP contribution in [0, 0.1) is 16.0 Å². The lowest BCUT2D eigenvalue weighted by Gasteiger charge is -2.38. The van der Waals surface area contributed by atoms with Gasteiger partial charge in [0.15, 0.2) is 5.82 Å². The fraction of sp³-hybridized carbons (Fsp3) is 0.455. The van der Waals surface area contributed by atoms with Gasteiger partial charge < -0.3 is 4.90 Å². The monoisotopic (exact) mass is 308 g/mol. The first-order valence-electron chi connectivity index (χ1n) is 6.46. The van der Waals surface area contributed by atoms with Crippen LogP contribution in [0.5, 0.6) is 0 Å². The van der Waals surface area contributed by atoms with E-state index in [-0.39, 0.29) is 17.3 Å². The lowest BCUT2D eigenvalue weighted by molar-refractivity contribution is -0.385. The van der Waals surface area contributed by atoms with E-state index in [0.29, 0.717) is 25.3 Å². The molecule has 0 spiro atoms. The molecule has 0 aliphatic carbocycles. The number of aromatic nitrogens is 4. The summed E-state index contributed by atoms with van der Waals surface area (Å²) in [6.45, 7) is 0.853. The number of hydrogen-bond donors (Lipinski definition) is 1. The molecule has 3 rings (SSSR count). The molecule has 0 bridgehead atoms. The number of carbonyl (C=O) groups excluding carboxylic acids is 1. The molecule has 11 heteroatoms. The highest BCUT2D eigenvalue weighted by Crippen LogP contribution is 2.25. The van der Waals surface area contributed by atoms with Gasteiger partial charge in [-0.1, -0.05) is 5.16 Å². The number of likely N-dealkylation sites (tertiary alicyclic amines) is 1. The van der Waals surface area contributed by atoms with Gasteiger partial charge in [0.2, 0.25) is 5.69 Å². The van der Waals surface area contributed by atoms with Crippen molar-refractivity contribution in [2.75, 3.05) is 13.1 Å². The molecule has 1 aliphatic rings. The molecule has 0 unspecified atom stereocenters. The van der Waals surface area contributed by atoms with Gasteiger partial charge in [-0.3, -0.25) is 29.1 Å². The summed E-state index contributed by atoms with van der Waals surface area (Å²) >= 11 is 0. The van der Waals surface area contributed by atoms with Crippen molar-refractivity contribution in [3.63, 3.8) is 0 Å². The van der Waals surface area contributed by atoms with E-state index in [9.17, 15) is 19.7 Å². The number of nitrogens with one attached hydrogen (secondary N) is 1. The topological polar surface area (TPSA) is 140 Å². The Morgan fingerprint density at radius 1 is 1.59 bits per heavy atom. The lowest BCUT2D eigenvalue weighted by atomic mass is 9.95. The summed E-state index contributed by atoms with van der Waals surface area (Å²) in [5.41, 5.74) is -0.352. The Hall–Kier alpha value is -2.98. The molecule has 116 valence electrons. The van der Waals surface area contributed by atoms with E-state index in [4.69, 9.17) is 0 Å². The molecule has 1 fully saturated rings. The molecule has 0 atom stereocenters. The molecule has 1 saturated heterocycles. The predicted molar refractivity (Wildman–Crippen MR) is 70.1 cm³/mol. The Labute approximate surface area is 122 Å². The highest BCUT2D eigenvalue weighted by Gasteiger charge is 2.36. The molecule has 0 aromatic carbocycles. The lowest BCUT2D eigenvalue weighted by Crippen LogP contribution is -2.51. The number of rotatable bonds is 4. The summed E-state index contributed by atoms with van der Waals surface area (Å²) in [6.07, 6.45) is 1.54. The Balaban J connectivity index is 1.65. The van der Waals surface area contributed by atoms with Crippen LogP contribution >= 0.6 is 0 Å². The SMILES string of the molecule is Cn1ncc([N+](=O)[O-])c1C(=O)N1CC(Cc2noc(=O)[nH]2)C1. The molecule has 0 saturated carbocycles. The maximum absolute atomic E-state index is 12.3. The minimum absolute atomic E-state index is 0.0432. The smallest absolute Gasteiger partial charge is 0.336 e. The van der Waals surface area contributed by atoms with Crippen molar-refractivity contribution in [3.8, 4) is 0 Å².